The summed E-state index contributed by atoms with van der Waals surface area (Å²) in [6.07, 6.45) is 3.80. The second-order valence-corrected chi connectivity index (χ2v) is 6.88. The Hall–Kier alpha value is -3.55. The molecule has 1 aliphatic rings. The summed E-state index contributed by atoms with van der Waals surface area (Å²) in [5.41, 5.74) is 4.64. The predicted octanol–water partition coefficient (Wildman–Crippen LogP) is 3.26. The maximum Gasteiger partial charge on any atom is 0.282 e. The number of nitro benzene ring substituents is 1. The summed E-state index contributed by atoms with van der Waals surface area (Å²) in [5.74, 6) is -1.86. The molecule has 1 aliphatic carbocycles. The van der Waals surface area contributed by atoms with Crippen molar-refractivity contribution in [2.45, 2.75) is 32.6 Å². The minimum Gasteiger partial charge on any atom is -0.397 e. The number of nitrogens with zero attached hydrogens (tertiary/aromatic N) is 1. The van der Waals surface area contributed by atoms with E-state index >= 15 is 0 Å². The van der Waals surface area contributed by atoms with E-state index in [4.69, 9.17) is 5.73 Å². The van der Waals surface area contributed by atoms with Crippen molar-refractivity contribution >= 4 is 28.8 Å². The summed E-state index contributed by atoms with van der Waals surface area (Å²) in [6.45, 7) is 2.46. The fraction of sp³-hybridized carbons (Fsp3) is 0.286. The van der Waals surface area contributed by atoms with Crippen LogP contribution in [0, 0.1) is 10.1 Å². The van der Waals surface area contributed by atoms with Crippen LogP contribution < -0.4 is 11.1 Å². The van der Waals surface area contributed by atoms with Crippen LogP contribution >= 0.6 is 0 Å². The van der Waals surface area contributed by atoms with Gasteiger partial charge in [-0.3, -0.25) is 24.5 Å². The third-order valence-electron chi connectivity index (χ3n) is 4.97. The van der Waals surface area contributed by atoms with Crippen molar-refractivity contribution in [2.24, 2.45) is 0 Å². The molecule has 0 radical (unpaired) electrons. The number of nitrogens with two attached hydrogens (primary N) is 1. The molecule has 3 N–H and O–H groups in total. The molecule has 0 fully saturated rings. The van der Waals surface area contributed by atoms with Gasteiger partial charge in [-0.1, -0.05) is 50.5 Å². The van der Waals surface area contributed by atoms with Gasteiger partial charge in [-0.2, -0.15) is 0 Å². The maximum absolute atomic E-state index is 13.0. The van der Waals surface area contributed by atoms with E-state index in [1.54, 1.807) is 12.1 Å². The fourth-order valence-electron chi connectivity index (χ4n) is 3.48. The van der Waals surface area contributed by atoms with Gasteiger partial charge in [0.05, 0.1) is 21.7 Å². The van der Waals surface area contributed by atoms with Gasteiger partial charge in [-0.15, -0.1) is 0 Å². The highest BCUT2D eigenvalue weighted by Crippen LogP contribution is 2.38. The summed E-state index contributed by atoms with van der Waals surface area (Å²) < 4.78 is 0. The van der Waals surface area contributed by atoms with Crippen molar-refractivity contribution in [1.82, 2.24) is 5.32 Å². The van der Waals surface area contributed by atoms with Gasteiger partial charge in [-0.05, 0) is 6.42 Å². The normalized spacial score (nSPS) is 12.3. The first kappa shape index (κ1) is 20.2. The van der Waals surface area contributed by atoms with Gasteiger partial charge < -0.3 is 11.1 Å². The molecule has 2 aromatic carbocycles. The van der Waals surface area contributed by atoms with E-state index in [0.717, 1.165) is 31.7 Å². The average molecular weight is 395 g/mol. The van der Waals surface area contributed by atoms with Gasteiger partial charge in [0.25, 0.3) is 11.6 Å². The number of hydrogen-bond acceptors (Lipinski definition) is 6. The topological polar surface area (TPSA) is 132 Å². The van der Waals surface area contributed by atoms with E-state index in [0.29, 0.717) is 6.54 Å². The molecule has 29 heavy (non-hydrogen) atoms. The molecule has 0 aliphatic heterocycles. The Morgan fingerprint density at radius 2 is 1.69 bits per heavy atom. The van der Waals surface area contributed by atoms with Crippen molar-refractivity contribution in [1.29, 1.82) is 0 Å². The van der Waals surface area contributed by atoms with Crippen LogP contribution in [0.15, 0.2) is 30.3 Å². The van der Waals surface area contributed by atoms with Crippen LogP contribution in [0.1, 0.15) is 74.8 Å². The Labute approximate surface area is 167 Å². The number of carbonyl (C=O) groups excluding carboxylic acids is 3. The van der Waals surface area contributed by atoms with Crippen LogP contribution in [0.5, 0.6) is 0 Å². The third-order valence-corrected chi connectivity index (χ3v) is 4.97. The highest BCUT2D eigenvalue weighted by Gasteiger charge is 2.39. The van der Waals surface area contributed by atoms with Crippen LogP contribution in [0.25, 0.3) is 0 Å². The number of unbranched alkanes of at least 4 members (excludes halogenated alkanes) is 3. The molecule has 3 rings (SSSR count). The van der Waals surface area contributed by atoms with Crippen LogP contribution in [0.4, 0.5) is 11.4 Å². The zero-order chi connectivity index (χ0) is 21.1. The lowest BCUT2D eigenvalue weighted by atomic mass is 9.81. The predicted molar refractivity (Wildman–Crippen MR) is 107 cm³/mol. The Kier molecular flexibility index (Phi) is 5.72. The fourth-order valence-corrected chi connectivity index (χ4v) is 3.48. The number of nitrogens with one attached hydrogen (secondary N) is 1. The first-order valence-electron chi connectivity index (χ1n) is 9.46. The molecule has 0 unspecified atom stereocenters. The highest BCUT2D eigenvalue weighted by molar-refractivity contribution is 6.32. The van der Waals surface area contributed by atoms with Gasteiger partial charge in [0, 0.05) is 23.7 Å². The minimum atomic E-state index is -0.768. The summed E-state index contributed by atoms with van der Waals surface area (Å²) in [7, 11) is 0. The van der Waals surface area contributed by atoms with E-state index in [2.05, 4.69) is 12.2 Å². The Morgan fingerprint density at radius 3 is 2.28 bits per heavy atom. The van der Waals surface area contributed by atoms with Crippen molar-refractivity contribution in [3.63, 3.8) is 0 Å². The molecule has 0 bridgehead atoms. The number of nitro groups is 1. The van der Waals surface area contributed by atoms with E-state index in [1.807, 2.05) is 0 Å². The maximum atomic E-state index is 13.0. The standard InChI is InChI=1S/C21H21N3O5/c1-2-3-4-7-10-23-21(27)14-11-15(24(28)29)16-17(18(14)22)20(26)13-9-6-5-8-12(13)19(16)25/h5-6,8-9,11H,2-4,7,10,22H2,1H3,(H,23,27). The van der Waals surface area contributed by atoms with Gasteiger partial charge in [0.1, 0.15) is 5.56 Å². The van der Waals surface area contributed by atoms with Crippen LogP contribution in [-0.2, 0) is 0 Å². The molecular formula is C21H21N3O5. The van der Waals surface area contributed by atoms with E-state index in [-0.39, 0.29) is 33.5 Å². The van der Waals surface area contributed by atoms with Gasteiger partial charge in [0.2, 0.25) is 5.78 Å². The Balaban J connectivity index is 2.05. The largest absolute Gasteiger partial charge is 0.397 e. The van der Waals surface area contributed by atoms with Crippen molar-refractivity contribution in [3.8, 4) is 0 Å². The summed E-state index contributed by atoms with van der Waals surface area (Å²) in [4.78, 5) is 49.3. The molecule has 1 amide bonds. The number of rotatable bonds is 7. The lowest BCUT2D eigenvalue weighted by Crippen LogP contribution is -2.29. The number of nitrogen functional groups attached to an aromatic ring is 1. The van der Waals surface area contributed by atoms with E-state index in [9.17, 15) is 24.5 Å². The van der Waals surface area contributed by atoms with E-state index in [1.165, 1.54) is 12.1 Å². The average Bonchev–Trinajstić information content (AvgIpc) is 2.71. The molecule has 0 spiro atoms. The van der Waals surface area contributed by atoms with Gasteiger partial charge in [0.15, 0.2) is 5.78 Å². The number of anilines is 1. The Morgan fingerprint density at radius 1 is 1.07 bits per heavy atom. The summed E-state index contributed by atoms with van der Waals surface area (Å²) in [6, 6.07) is 7.05. The molecule has 0 saturated heterocycles. The number of carbonyl (C=O) groups is 3. The molecule has 0 saturated carbocycles. The van der Waals surface area contributed by atoms with Crippen LogP contribution in [0.2, 0.25) is 0 Å². The highest BCUT2D eigenvalue weighted by atomic mass is 16.6. The monoisotopic (exact) mass is 395 g/mol. The number of amides is 1. The molecule has 0 atom stereocenters. The quantitative estimate of drug-likeness (QED) is 0.273. The second-order valence-electron chi connectivity index (χ2n) is 6.88. The van der Waals surface area contributed by atoms with Crippen molar-refractivity contribution < 1.29 is 19.3 Å². The SMILES string of the molecule is CCCCCCNC(=O)c1cc([N+](=O)[O-])c2c(c1N)C(=O)c1ccccc1C2=O. The molecule has 0 aromatic heterocycles. The Bertz CT molecular complexity index is 1030. The number of ketones is 2. The van der Waals surface area contributed by atoms with Crippen LogP contribution in [0.3, 0.4) is 0 Å². The molecule has 8 heteroatoms. The molecule has 8 nitrogen and oxygen atoms in total. The van der Waals surface area contributed by atoms with Crippen LogP contribution in [-0.4, -0.2) is 28.9 Å². The van der Waals surface area contributed by atoms with Crippen molar-refractivity contribution in [2.75, 3.05) is 12.3 Å². The molecule has 0 heterocycles. The summed E-state index contributed by atoms with van der Waals surface area (Å²) >= 11 is 0. The van der Waals surface area contributed by atoms with E-state index < -0.39 is 28.1 Å². The van der Waals surface area contributed by atoms with Gasteiger partial charge in [-0.25, -0.2) is 0 Å². The lowest BCUT2D eigenvalue weighted by molar-refractivity contribution is -0.385. The number of hydrogen-bond donors (Lipinski definition) is 2. The first-order valence-corrected chi connectivity index (χ1v) is 9.46. The number of benzene rings is 2. The smallest absolute Gasteiger partial charge is 0.282 e. The second kappa shape index (κ2) is 8.22. The number of fused-ring (bicyclic) bond motifs is 2. The third kappa shape index (κ3) is 3.61. The zero-order valence-electron chi connectivity index (χ0n) is 16.0. The zero-order valence-corrected chi connectivity index (χ0v) is 16.0. The lowest BCUT2D eigenvalue weighted by Gasteiger charge is -2.20. The van der Waals surface area contributed by atoms with Crippen molar-refractivity contribution in [3.05, 3.63) is 68.3 Å². The van der Waals surface area contributed by atoms with Gasteiger partial charge >= 0.3 is 0 Å². The molecular weight excluding hydrogens is 374 g/mol. The summed E-state index contributed by atoms with van der Waals surface area (Å²) in [5, 5.41) is 14.3. The first-order chi connectivity index (χ1) is 13.9. The minimum absolute atomic E-state index is 0.0839. The molecule has 2 aromatic rings. The molecule has 150 valence electrons.